The number of rotatable bonds is 10. The van der Waals surface area contributed by atoms with Gasteiger partial charge in [0.1, 0.15) is 5.75 Å². The molecule has 2 aromatic heterocycles. The minimum absolute atomic E-state index is 0.195. The van der Waals surface area contributed by atoms with Crippen molar-refractivity contribution in [3.8, 4) is 5.75 Å². The maximum absolute atomic E-state index is 12.4. The zero-order valence-corrected chi connectivity index (χ0v) is 22.2. The molecule has 0 radical (unpaired) electrons. The van der Waals surface area contributed by atoms with E-state index in [1.165, 1.54) is 11.8 Å². The van der Waals surface area contributed by atoms with E-state index in [4.69, 9.17) is 29.0 Å². The molecule has 1 aliphatic heterocycles. The maximum Gasteiger partial charge on any atom is 0.309 e. The zero-order chi connectivity index (χ0) is 25.0. The highest BCUT2D eigenvalue weighted by molar-refractivity contribution is 7.80. The molecule has 0 bridgehead atoms. The van der Waals surface area contributed by atoms with E-state index >= 15 is 0 Å². The molecule has 2 atom stereocenters. The summed E-state index contributed by atoms with van der Waals surface area (Å²) in [6.45, 7) is 2.34. The highest BCUT2D eigenvalue weighted by atomic mass is 35.5. The molecule has 1 fully saturated rings. The molecule has 0 saturated carbocycles. The second-order valence-corrected chi connectivity index (χ2v) is 11.1. The van der Waals surface area contributed by atoms with Gasteiger partial charge in [-0.1, -0.05) is 11.6 Å². The molecule has 1 unspecified atom stereocenters. The smallest absolute Gasteiger partial charge is 0.309 e. The number of pyridine rings is 1. The number of hydrogen-bond donors (Lipinski definition) is 3. The number of thiol groups is 1. The van der Waals surface area contributed by atoms with Crippen molar-refractivity contribution in [3.05, 3.63) is 57.4 Å². The second-order valence-electron chi connectivity index (χ2n) is 9.25. The molecule has 3 aromatic rings. The Kier molecular flexibility index (Phi) is 8.60. The number of hydrogen-bond acceptors (Lipinski definition) is 7. The molecule has 1 aromatic carbocycles. The lowest BCUT2D eigenvalue weighted by molar-refractivity contribution is -0.153. The Bertz CT molecular complexity index is 1150. The van der Waals surface area contributed by atoms with Crippen molar-refractivity contribution in [2.45, 2.75) is 43.5 Å². The van der Waals surface area contributed by atoms with Crippen LogP contribution in [0.1, 0.15) is 54.6 Å². The Balaban J connectivity index is 1.40. The average molecular weight is 535 g/mol. The summed E-state index contributed by atoms with van der Waals surface area (Å²) in [5, 5.41) is 26.7. The molecule has 2 N–H and O–H groups in total. The maximum atomic E-state index is 12.4. The van der Waals surface area contributed by atoms with Crippen LogP contribution in [0.15, 0.2) is 41.2 Å². The van der Waals surface area contributed by atoms with Gasteiger partial charge in [0.2, 0.25) is 0 Å². The van der Waals surface area contributed by atoms with Crippen LogP contribution in [0.25, 0.3) is 10.9 Å². The van der Waals surface area contributed by atoms with Crippen molar-refractivity contribution < 1.29 is 19.7 Å². The van der Waals surface area contributed by atoms with Gasteiger partial charge in [-0.05, 0) is 92.3 Å². The van der Waals surface area contributed by atoms with Crippen LogP contribution in [0.3, 0.4) is 0 Å². The van der Waals surface area contributed by atoms with Gasteiger partial charge in [0, 0.05) is 22.4 Å². The van der Waals surface area contributed by atoms with Crippen LogP contribution in [-0.2, 0) is 4.79 Å². The van der Waals surface area contributed by atoms with Gasteiger partial charge in [0.25, 0.3) is 0 Å². The molecule has 6 nitrogen and oxygen atoms in total. The molecule has 1 aliphatic rings. The number of piperidine rings is 1. The summed E-state index contributed by atoms with van der Waals surface area (Å²) in [4.78, 5) is 19.0. The second kappa shape index (κ2) is 11.5. The standard InChI is InChI=1S/C26H31ClN2O4S2/c1-33-18-2-3-21-19(14-18)24(20(27)15-28-21)22(30)4-7-26(25(31)32)8-11-29(12-9-26)10-5-23(34)17-6-13-35-16-17/h2-3,6,13-16,22-23,30,34H,4-5,7-12H2,1H3,(H,31,32)/t22-,23?/m0/s1. The average Bonchev–Trinajstić information content (AvgIpc) is 3.41. The summed E-state index contributed by atoms with van der Waals surface area (Å²) in [7, 11) is 1.58. The van der Waals surface area contributed by atoms with Gasteiger partial charge >= 0.3 is 5.97 Å². The van der Waals surface area contributed by atoms with Crippen molar-refractivity contribution in [1.82, 2.24) is 9.88 Å². The summed E-state index contributed by atoms with van der Waals surface area (Å²) in [5.41, 5.74) is 1.67. The lowest BCUT2D eigenvalue weighted by Crippen LogP contribution is -2.45. The SMILES string of the molecule is COc1ccc2ncc(Cl)c([C@@H](O)CCC3(C(=O)O)CCN(CCC(S)c4ccsc4)CC3)c2c1. The summed E-state index contributed by atoms with van der Waals surface area (Å²) < 4.78 is 5.33. The number of carbonyl (C=O) groups is 1. The number of nitrogens with zero attached hydrogens (tertiary/aromatic N) is 2. The number of aromatic nitrogens is 1. The zero-order valence-electron chi connectivity index (χ0n) is 19.7. The first-order valence-corrected chi connectivity index (χ1v) is 13.6. The molecule has 0 aliphatic carbocycles. The lowest BCUT2D eigenvalue weighted by Gasteiger charge is -2.39. The van der Waals surface area contributed by atoms with Gasteiger partial charge in [-0.25, -0.2) is 0 Å². The Labute approximate surface area is 220 Å². The van der Waals surface area contributed by atoms with E-state index in [-0.39, 0.29) is 5.25 Å². The minimum atomic E-state index is -0.898. The fraction of sp³-hybridized carbons (Fsp3) is 0.462. The lowest BCUT2D eigenvalue weighted by atomic mass is 9.74. The van der Waals surface area contributed by atoms with Gasteiger partial charge in [0.15, 0.2) is 0 Å². The predicted molar refractivity (Wildman–Crippen MR) is 144 cm³/mol. The van der Waals surface area contributed by atoms with Gasteiger partial charge in [-0.2, -0.15) is 24.0 Å². The Morgan fingerprint density at radius 1 is 1.31 bits per heavy atom. The third kappa shape index (κ3) is 5.94. The van der Waals surface area contributed by atoms with E-state index in [9.17, 15) is 15.0 Å². The van der Waals surface area contributed by atoms with Gasteiger partial charge in [-0.15, -0.1) is 0 Å². The first-order chi connectivity index (χ1) is 16.8. The number of fused-ring (bicyclic) bond motifs is 1. The number of methoxy groups -OCH3 is 1. The first kappa shape index (κ1) is 26.2. The van der Waals surface area contributed by atoms with Crippen molar-refractivity contribution in [2.24, 2.45) is 5.41 Å². The summed E-state index contributed by atoms with van der Waals surface area (Å²) in [6.07, 6.45) is 3.36. The fourth-order valence-electron chi connectivity index (χ4n) is 4.90. The third-order valence-corrected chi connectivity index (χ3v) is 8.77. The van der Waals surface area contributed by atoms with Crippen molar-refractivity contribution in [1.29, 1.82) is 0 Å². The topological polar surface area (TPSA) is 82.9 Å². The van der Waals surface area contributed by atoms with Crippen molar-refractivity contribution in [2.75, 3.05) is 26.7 Å². The Hall–Kier alpha value is -1.84. The largest absolute Gasteiger partial charge is 0.497 e. The highest BCUT2D eigenvalue weighted by Gasteiger charge is 2.41. The van der Waals surface area contributed by atoms with Crippen LogP contribution in [0.4, 0.5) is 0 Å². The molecule has 0 spiro atoms. The van der Waals surface area contributed by atoms with Gasteiger partial charge in [-0.3, -0.25) is 9.78 Å². The van der Waals surface area contributed by atoms with Crippen LogP contribution in [0, 0.1) is 5.41 Å². The summed E-state index contributed by atoms with van der Waals surface area (Å²) in [6, 6.07) is 7.54. The van der Waals surface area contributed by atoms with Gasteiger partial charge in [0.05, 0.1) is 29.2 Å². The van der Waals surface area contributed by atoms with E-state index in [0.29, 0.717) is 47.5 Å². The molecule has 3 heterocycles. The van der Waals surface area contributed by atoms with E-state index < -0.39 is 17.5 Å². The molecular formula is C26H31ClN2O4S2. The van der Waals surface area contributed by atoms with E-state index in [1.807, 2.05) is 18.2 Å². The number of ether oxygens (including phenoxy) is 1. The van der Waals surface area contributed by atoms with Crippen molar-refractivity contribution >= 4 is 52.4 Å². The third-order valence-electron chi connectivity index (χ3n) is 7.21. The molecule has 4 rings (SSSR count). The van der Waals surface area contributed by atoms with Crippen molar-refractivity contribution in [3.63, 3.8) is 0 Å². The number of halogens is 1. The Morgan fingerprint density at radius 3 is 2.74 bits per heavy atom. The van der Waals surface area contributed by atoms with Crippen LogP contribution in [-0.4, -0.2) is 52.8 Å². The number of carboxylic acid groups (broad SMARTS) is 1. The van der Waals surface area contributed by atoms with E-state index in [1.54, 1.807) is 18.4 Å². The molecule has 0 amide bonds. The van der Waals surface area contributed by atoms with Crippen LogP contribution in [0.2, 0.25) is 5.02 Å². The molecule has 1 saturated heterocycles. The number of carboxylic acids is 1. The van der Waals surface area contributed by atoms with Crippen LogP contribution >= 0.6 is 35.6 Å². The monoisotopic (exact) mass is 534 g/mol. The number of thiophene rings is 1. The number of aliphatic carboxylic acids is 1. The van der Waals surface area contributed by atoms with Crippen LogP contribution < -0.4 is 4.74 Å². The number of benzene rings is 1. The van der Waals surface area contributed by atoms with Gasteiger partial charge < -0.3 is 19.8 Å². The molecule has 188 valence electrons. The van der Waals surface area contributed by atoms with Crippen LogP contribution in [0.5, 0.6) is 5.75 Å². The van der Waals surface area contributed by atoms with E-state index in [2.05, 4.69) is 26.7 Å². The summed E-state index contributed by atoms with van der Waals surface area (Å²) >= 11 is 12.8. The van der Waals surface area contributed by atoms with E-state index in [0.717, 1.165) is 31.4 Å². The number of aliphatic hydroxyl groups is 1. The highest BCUT2D eigenvalue weighted by Crippen LogP contribution is 2.41. The summed E-state index contributed by atoms with van der Waals surface area (Å²) in [5.74, 6) is -0.145. The quantitative estimate of drug-likeness (QED) is 0.277. The molecule has 9 heteroatoms. The number of likely N-dealkylation sites (tertiary alicyclic amines) is 1. The molecular weight excluding hydrogens is 504 g/mol. The predicted octanol–water partition coefficient (Wildman–Crippen LogP) is 6.00. The number of aliphatic hydroxyl groups excluding tert-OH is 1. The fourth-order valence-corrected chi connectivity index (χ4v) is 6.27. The first-order valence-electron chi connectivity index (χ1n) is 11.8. The molecule has 35 heavy (non-hydrogen) atoms. The Morgan fingerprint density at radius 2 is 2.09 bits per heavy atom. The minimum Gasteiger partial charge on any atom is -0.497 e. The normalized spacial score (nSPS) is 17.8.